The summed E-state index contributed by atoms with van der Waals surface area (Å²) in [6.07, 6.45) is 3.62. The van der Waals surface area contributed by atoms with Crippen molar-refractivity contribution < 1.29 is 8.42 Å². The van der Waals surface area contributed by atoms with Gasteiger partial charge in [0.1, 0.15) is 4.90 Å². The molecule has 106 valence electrons. The molecule has 0 radical (unpaired) electrons. The molecule has 1 saturated heterocycles. The summed E-state index contributed by atoms with van der Waals surface area (Å²) in [6, 6.07) is 1.60. The Morgan fingerprint density at radius 2 is 2.16 bits per heavy atom. The van der Waals surface area contributed by atoms with E-state index in [-0.39, 0.29) is 16.4 Å². The molecule has 0 aromatic carbocycles. The minimum Gasteiger partial charge on any atom is -0.327 e. The van der Waals surface area contributed by atoms with E-state index < -0.39 is 10.0 Å². The van der Waals surface area contributed by atoms with Crippen LogP contribution in [-0.4, -0.2) is 36.8 Å². The lowest BCUT2D eigenvalue weighted by atomic mass is 9.81. The molecule has 1 aliphatic rings. The molecule has 0 aliphatic carbocycles. The predicted octanol–water partition coefficient (Wildman–Crippen LogP) is 1.59. The Kier molecular flexibility index (Phi) is 4.02. The second kappa shape index (κ2) is 5.12. The van der Waals surface area contributed by atoms with Gasteiger partial charge in [-0.05, 0) is 33.8 Å². The van der Waals surface area contributed by atoms with Crippen molar-refractivity contribution in [1.82, 2.24) is 9.29 Å². The van der Waals surface area contributed by atoms with Crippen LogP contribution in [0.15, 0.2) is 27.8 Å². The largest absolute Gasteiger partial charge is 0.327 e. The fourth-order valence-electron chi connectivity index (χ4n) is 2.21. The van der Waals surface area contributed by atoms with Gasteiger partial charge in [-0.25, -0.2) is 8.42 Å². The topological polar surface area (TPSA) is 76.3 Å². The lowest BCUT2D eigenvalue weighted by Gasteiger charge is -2.41. The highest BCUT2D eigenvalue weighted by Crippen LogP contribution is 2.31. The van der Waals surface area contributed by atoms with Gasteiger partial charge in [0.2, 0.25) is 10.0 Å². The average molecular weight is 348 g/mol. The minimum atomic E-state index is -3.49. The molecule has 0 amide bonds. The van der Waals surface area contributed by atoms with Crippen LogP contribution in [-0.2, 0) is 10.0 Å². The summed E-state index contributed by atoms with van der Waals surface area (Å²) >= 11 is 3.25. The summed E-state index contributed by atoms with van der Waals surface area (Å²) in [5, 5.41) is 0. The van der Waals surface area contributed by atoms with Crippen LogP contribution in [0.3, 0.4) is 0 Å². The van der Waals surface area contributed by atoms with Gasteiger partial charge in [0.15, 0.2) is 0 Å². The first-order chi connectivity index (χ1) is 8.73. The average Bonchev–Trinajstić information content (AvgIpc) is 2.32. The van der Waals surface area contributed by atoms with E-state index in [9.17, 15) is 8.42 Å². The van der Waals surface area contributed by atoms with Gasteiger partial charge >= 0.3 is 0 Å². The molecule has 1 aromatic heterocycles. The number of sulfonamides is 1. The number of nitrogens with zero attached hydrogens (tertiary/aromatic N) is 2. The summed E-state index contributed by atoms with van der Waals surface area (Å²) in [5.74, 6) is 0. The normalized spacial score (nSPS) is 24.3. The third-order valence-corrected chi connectivity index (χ3v) is 5.84. The Labute approximate surface area is 122 Å². The smallest absolute Gasteiger partial charge is 0.244 e. The zero-order valence-electron chi connectivity index (χ0n) is 11.0. The first-order valence-electron chi connectivity index (χ1n) is 6.10. The molecule has 5 nitrogen and oxygen atoms in total. The van der Waals surface area contributed by atoms with E-state index in [1.54, 1.807) is 12.3 Å². The highest BCUT2D eigenvalue weighted by molar-refractivity contribution is 9.10. The van der Waals surface area contributed by atoms with Crippen molar-refractivity contribution in [1.29, 1.82) is 0 Å². The Bertz CT molecular complexity index is 574. The Hall–Kier alpha value is -0.500. The molecule has 7 heteroatoms. The number of nitrogens with two attached hydrogens (primary N) is 1. The Balaban J connectivity index is 2.31. The first-order valence-corrected chi connectivity index (χ1v) is 8.33. The summed E-state index contributed by atoms with van der Waals surface area (Å²) in [7, 11) is -3.49. The second-order valence-electron chi connectivity index (χ2n) is 5.56. The van der Waals surface area contributed by atoms with E-state index in [1.165, 1.54) is 10.5 Å². The highest BCUT2D eigenvalue weighted by atomic mass is 79.9. The monoisotopic (exact) mass is 347 g/mol. The number of piperidine rings is 1. The highest BCUT2D eigenvalue weighted by Gasteiger charge is 2.38. The number of hydrogen-bond donors (Lipinski definition) is 1. The van der Waals surface area contributed by atoms with Crippen LogP contribution in [0.4, 0.5) is 0 Å². The molecular formula is C12H18BrN3O2S. The molecule has 2 heterocycles. The van der Waals surface area contributed by atoms with Crippen LogP contribution in [0.25, 0.3) is 0 Å². The lowest BCUT2D eigenvalue weighted by molar-refractivity contribution is 0.155. The van der Waals surface area contributed by atoms with Crippen LogP contribution >= 0.6 is 15.9 Å². The van der Waals surface area contributed by atoms with Crippen molar-refractivity contribution in [3.63, 3.8) is 0 Å². The van der Waals surface area contributed by atoms with Crippen LogP contribution in [0.5, 0.6) is 0 Å². The first kappa shape index (κ1) is 14.9. The van der Waals surface area contributed by atoms with Gasteiger partial charge in [-0.2, -0.15) is 4.31 Å². The number of rotatable bonds is 2. The van der Waals surface area contributed by atoms with Gasteiger partial charge in [0.25, 0.3) is 0 Å². The summed E-state index contributed by atoms with van der Waals surface area (Å²) in [6.45, 7) is 4.89. The second-order valence-corrected chi connectivity index (χ2v) is 8.41. The number of aromatic nitrogens is 1. The van der Waals surface area contributed by atoms with Crippen molar-refractivity contribution in [2.75, 3.05) is 13.1 Å². The zero-order chi connectivity index (χ0) is 14.3. The van der Waals surface area contributed by atoms with Gasteiger partial charge in [-0.3, -0.25) is 4.98 Å². The van der Waals surface area contributed by atoms with Gasteiger partial charge in [0, 0.05) is 36.0 Å². The third-order valence-electron chi connectivity index (χ3n) is 3.59. The van der Waals surface area contributed by atoms with E-state index in [2.05, 4.69) is 20.9 Å². The molecule has 1 aromatic rings. The van der Waals surface area contributed by atoms with Gasteiger partial charge in [-0.1, -0.05) is 13.8 Å². The SMILES string of the molecule is CC1(C)CN(S(=O)(=O)c2cncc(Br)c2)CCC1N. The summed E-state index contributed by atoms with van der Waals surface area (Å²) in [5.41, 5.74) is 5.82. The van der Waals surface area contributed by atoms with Crippen molar-refractivity contribution in [2.24, 2.45) is 11.1 Å². The van der Waals surface area contributed by atoms with Crippen LogP contribution < -0.4 is 5.73 Å². The van der Waals surface area contributed by atoms with E-state index in [1.807, 2.05) is 13.8 Å². The van der Waals surface area contributed by atoms with Crippen molar-refractivity contribution in [3.05, 3.63) is 22.9 Å². The quantitative estimate of drug-likeness (QED) is 0.881. The van der Waals surface area contributed by atoms with E-state index in [0.717, 1.165) is 0 Å². The molecule has 0 bridgehead atoms. The molecule has 1 unspecified atom stereocenters. The minimum absolute atomic E-state index is 0.0274. The molecule has 1 atom stereocenters. The number of hydrogen-bond acceptors (Lipinski definition) is 4. The van der Waals surface area contributed by atoms with E-state index in [0.29, 0.717) is 24.0 Å². The molecule has 0 saturated carbocycles. The van der Waals surface area contributed by atoms with E-state index in [4.69, 9.17) is 5.73 Å². The molecule has 2 N–H and O–H groups in total. The maximum Gasteiger partial charge on any atom is 0.244 e. The molecular weight excluding hydrogens is 330 g/mol. The van der Waals surface area contributed by atoms with Crippen LogP contribution in [0, 0.1) is 5.41 Å². The van der Waals surface area contributed by atoms with Crippen LogP contribution in [0.2, 0.25) is 0 Å². The number of halogens is 1. The lowest BCUT2D eigenvalue weighted by Crippen LogP contribution is -2.53. The molecule has 1 aliphatic heterocycles. The maximum absolute atomic E-state index is 12.6. The zero-order valence-corrected chi connectivity index (χ0v) is 13.4. The predicted molar refractivity (Wildman–Crippen MR) is 77.1 cm³/mol. The maximum atomic E-state index is 12.6. The van der Waals surface area contributed by atoms with Crippen LogP contribution in [0.1, 0.15) is 20.3 Å². The van der Waals surface area contributed by atoms with Crippen molar-refractivity contribution in [2.45, 2.75) is 31.2 Å². The van der Waals surface area contributed by atoms with Gasteiger partial charge in [0.05, 0.1) is 0 Å². The standard InChI is InChI=1S/C12H18BrN3O2S/c1-12(2)8-16(4-3-11(12)14)19(17,18)10-5-9(13)6-15-7-10/h5-7,11H,3-4,8,14H2,1-2H3. The summed E-state index contributed by atoms with van der Waals surface area (Å²) in [4.78, 5) is 4.14. The molecule has 0 spiro atoms. The van der Waals surface area contributed by atoms with Crippen molar-refractivity contribution in [3.8, 4) is 0 Å². The summed E-state index contributed by atoms with van der Waals surface area (Å²) < 4.78 is 27.3. The number of pyridine rings is 1. The fraction of sp³-hybridized carbons (Fsp3) is 0.583. The van der Waals surface area contributed by atoms with E-state index >= 15 is 0 Å². The van der Waals surface area contributed by atoms with Gasteiger partial charge < -0.3 is 5.73 Å². The van der Waals surface area contributed by atoms with Gasteiger partial charge in [-0.15, -0.1) is 0 Å². The molecule has 19 heavy (non-hydrogen) atoms. The Morgan fingerprint density at radius 3 is 2.74 bits per heavy atom. The van der Waals surface area contributed by atoms with Crippen molar-refractivity contribution >= 4 is 26.0 Å². The third kappa shape index (κ3) is 2.99. The molecule has 2 rings (SSSR count). The Morgan fingerprint density at radius 1 is 1.47 bits per heavy atom. The molecule has 1 fully saturated rings. The fourth-order valence-corrected chi connectivity index (χ4v) is 4.35.